The van der Waals surface area contributed by atoms with Crippen LogP contribution in [0.2, 0.25) is 0 Å². The molecule has 16 heavy (non-hydrogen) atoms. The standard InChI is InChI=1S/C13H21NO2/c1-3-5-6-7-12(15)13-11-14(8-4-2)9-10-16-13/h13H,4,6-11H2,1-2H3. The fourth-order valence-corrected chi connectivity index (χ4v) is 1.89. The van der Waals surface area contributed by atoms with Crippen molar-refractivity contribution in [3.8, 4) is 11.8 Å². The third-order valence-corrected chi connectivity index (χ3v) is 2.72. The Morgan fingerprint density at radius 3 is 3.06 bits per heavy atom. The van der Waals surface area contributed by atoms with Crippen LogP contribution in [0.4, 0.5) is 0 Å². The largest absolute Gasteiger partial charge is 0.368 e. The van der Waals surface area contributed by atoms with Gasteiger partial charge < -0.3 is 4.74 Å². The second-order valence-electron chi connectivity index (χ2n) is 4.05. The smallest absolute Gasteiger partial charge is 0.163 e. The number of carbonyl (C=O) groups is 1. The van der Waals surface area contributed by atoms with Gasteiger partial charge in [0.25, 0.3) is 0 Å². The van der Waals surface area contributed by atoms with Crippen LogP contribution in [0.3, 0.4) is 0 Å². The van der Waals surface area contributed by atoms with Crippen molar-refractivity contribution in [3.05, 3.63) is 0 Å². The van der Waals surface area contributed by atoms with Crippen LogP contribution < -0.4 is 0 Å². The number of hydrogen-bond donors (Lipinski definition) is 0. The van der Waals surface area contributed by atoms with Crippen LogP contribution in [0.15, 0.2) is 0 Å². The average Bonchev–Trinajstić information content (AvgIpc) is 2.30. The maximum absolute atomic E-state index is 11.8. The van der Waals surface area contributed by atoms with Crippen molar-refractivity contribution in [2.45, 2.75) is 39.2 Å². The van der Waals surface area contributed by atoms with Crippen LogP contribution in [0.25, 0.3) is 0 Å². The molecule has 1 aliphatic rings. The minimum absolute atomic E-state index is 0.198. The van der Waals surface area contributed by atoms with E-state index in [0.717, 1.165) is 26.1 Å². The van der Waals surface area contributed by atoms with Crippen molar-refractivity contribution < 1.29 is 9.53 Å². The van der Waals surface area contributed by atoms with Crippen molar-refractivity contribution in [3.63, 3.8) is 0 Å². The van der Waals surface area contributed by atoms with E-state index in [1.54, 1.807) is 6.92 Å². The van der Waals surface area contributed by atoms with Gasteiger partial charge in [-0.3, -0.25) is 9.69 Å². The third-order valence-electron chi connectivity index (χ3n) is 2.72. The average molecular weight is 223 g/mol. The molecular weight excluding hydrogens is 202 g/mol. The highest BCUT2D eigenvalue weighted by Gasteiger charge is 2.25. The number of ether oxygens (including phenoxy) is 1. The summed E-state index contributed by atoms with van der Waals surface area (Å²) in [6.07, 6.45) is 2.08. The number of ketones is 1. The van der Waals surface area contributed by atoms with Gasteiger partial charge >= 0.3 is 0 Å². The van der Waals surface area contributed by atoms with Gasteiger partial charge in [0.05, 0.1) is 6.61 Å². The Bertz CT molecular complexity index is 275. The molecule has 0 amide bonds. The Morgan fingerprint density at radius 2 is 2.38 bits per heavy atom. The lowest BCUT2D eigenvalue weighted by Gasteiger charge is -2.31. The zero-order valence-electron chi connectivity index (χ0n) is 10.3. The molecule has 1 atom stereocenters. The van der Waals surface area contributed by atoms with Gasteiger partial charge in [0.1, 0.15) is 6.10 Å². The highest BCUT2D eigenvalue weighted by molar-refractivity contribution is 5.83. The van der Waals surface area contributed by atoms with Gasteiger partial charge in [-0.15, -0.1) is 11.8 Å². The molecule has 1 aliphatic heterocycles. The van der Waals surface area contributed by atoms with Crippen LogP contribution in [0, 0.1) is 11.8 Å². The topological polar surface area (TPSA) is 29.5 Å². The molecule has 0 aliphatic carbocycles. The van der Waals surface area contributed by atoms with E-state index in [4.69, 9.17) is 4.74 Å². The van der Waals surface area contributed by atoms with Crippen LogP contribution in [-0.4, -0.2) is 43.0 Å². The van der Waals surface area contributed by atoms with Gasteiger partial charge in [0.15, 0.2) is 5.78 Å². The number of nitrogens with zero attached hydrogens (tertiary/aromatic N) is 1. The molecule has 0 saturated carbocycles. The Balaban J connectivity index is 2.33. The summed E-state index contributed by atoms with van der Waals surface area (Å²) in [4.78, 5) is 14.1. The fourth-order valence-electron chi connectivity index (χ4n) is 1.89. The molecule has 0 spiro atoms. The van der Waals surface area contributed by atoms with Crippen molar-refractivity contribution in [2.75, 3.05) is 26.2 Å². The SMILES string of the molecule is CC#CCCC(=O)C1CN(CCC)CCO1. The minimum Gasteiger partial charge on any atom is -0.368 e. The molecule has 3 heteroatoms. The number of morpholine rings is 1. The molecule has 1 heterocycles. The summed E-state index contributed by atoms with van der Waals surface area (Å²) in [6.45, 7) is 7.39. The molecule has 90 valence electrons. The maximum atomic E-state index is 11.8. The third kappa shape index (κ3) is 4.34. The van der Waals surface area contributed by atoms with Crippen LogP contribution in [-0.2, 0) is 9.53 Å². The molecule has 1 fully saturated rings. The van der Waals surface area contributed by atoms with Gasteiger partial charge in [0, 0.05) is 25.9 Å². The van der Waals surface area contributed by atoms with Gasteiger partial charge in [-0.1, -0.05) is 6.92 Å². The summed E-state index contributed by atoms with van der Waals surface area (Å²) in [5.41, 5.74) is 0. The Labute approximate surface area is 98.1 Å². The maximum Gasteiger partial charge on any atom is 0.163 e. The van der Waals surface area contributed by atoms with Crippen molar-refractivity contribution >= 4 is 5.78 Å². The molecule has 0 aromatic heterocycles. The van der Waals surface area contributed by atoms with E-state index in [9.17, 15) is 4.79 Å². The number of hydrogen-bond acceptors (Lipinski definition) is 3. The highest BCUT2D eigenvalue weighted by Crippen LogP contribution is 2.09. The zero-order chi connectivity index (χ0) is 11.8. The molecule has 1 unspecified atom stereocenters. The summed E-state index contributed by atoms with van der Waals surface area (Å²) < 4.78 is 5.51. The van der Waals surface area contributed by atoms with Gasteiger partial charge in [0.2, 0.25) is 0 Å². The zero-order valence-corrected chi connectivity index (χ0v) is 10.3. The minimum atomic E-state index is -0.223. The molecular formula is C13H21NO2. The fraction of sp³-hybridized carbons (Fsp3) is 0.769. The predicted molar refractivity (Wildman–Crippen MR) is 64.2 cm³/mol. The van der Waals surface area contributed by atoms with E-state index < -0.39 is 0 Å². The first-order valence-electron chi connectivity index (χ1n) is 6.04. The summed E-state index contributed by atoms with van der Waals surface area (Å²) in [7, 11) is 0. The summed E-state index contributed by atoms with van der Waals surface area (Å²) >= 11 is 0. The highest BCUT2D eigenvalue weighted by atomic mass is 16.5. The van der Waals surface area contributed by atoms with E-state index in [1.807, 2.05) is 0 Å². The predicted octanol–water partition coefficient (Wildman–Crippen LogP) is 1.47. The molecule has 3 nitrogen and oxygen atoms in total. The van der Waals surface area contributed by atoms with E-state index >= 15 is 0 Å². The molecule has 0 N–H and O–H groups in total. The van der Waals surface area contributed by atoms with Gasteiger partial charge in [-0.2, -0.15) is 0 Å². The van der Waals surface area contributed by atoms with E-state index in [0.29, 0.717) is 19.4 Å². The van der Waals surface area contributed by atoms with Crippen molar-refractivity contribution in [1.82, 2.24) is 4.90 Å². The number of Topliss-reactive ketones (excluding diaryl/α,β-unsaturated/α-hetero) is 1. The Kier molecular flexibility index (Phi) is 6.14. The Morgan fingerprint density at radius 1 is 1.56 bits per heavy atom. The molecule has 1 rings (SSSR count). The number of carbonyl (C=O) groups excluding carboxylic acids is 1. The molecule has 0 radical (unpaired) electrons. The van der Waals surface area contributed by atoms with E-state index in [2.05, 4.69) is 23.7 Å². The second-order valence-corrected chi connectivity index (χ2v) is 4.05. The van der Waals surface area contributed by atoms with Crippen molar-refractivity contribution in [2.24, 2.45) is 0 Å². The normalized spacial score (nSPS) is 21.2. The van der Waals surface area contributed by atoms with Gasteiger partial charge in [-0.25, -0.2) is 0 Å². The summed E-state index contributed by atoms with van der Waals surface area (Å²) in [5.74, 6) is 5.91. The van der Waals surface area contributed by atoms with Crippen LogP contribution >= 0.6 is 0 Å². The lowest BCUT2D eigenvalue weighted by Crippen LogP contribution is -2.46. The van der Waals surface area contributed by atoms with Crippen molar-refractivity contribution in [1.29, 1.82) is 0 Å². The monoisotopic (exact) mass is 223 g/mol. The second kappa shape index (κ2) is 7.43. The number of rotatable bonds is 5. The molecule has 0 aromatic carbocycles. The first-order valence-corrected chi connectivity index (χ1v) is 6.04. The van der Waals surface area contributed by atoms with E-state index in [1.165, 1.54) is 0 Å². The summed E-state index contributed by atoms with van der Waals surface area (Å²) in [6, 6.07) is 0. The first kappa shape index (κ1) is 13.2. The van der Waals surface area contributed by atoms with Crippen LogP contribution in [0.1, 0.15) is 33.1 Å². The molecule has 0 aromatic rings. The Hall–Kier alpha value is -0.850. The lowest BCUT2D eigenvalue weighted by molar-refractivity contribution is -0.136. The van der Waals surface area contributed by atoms with Gasteiger partial charge in [-0.05, 0) is 19.9 Å². The van der Waals surface area contributed by atoms with E-state index in [-0.39, 0.29) is 11.9 Å². The molecule has 0 bridgehead atoms. The summed E-state index contributed by atoms with van der Waals surface area (Å²) in [5, 5.41) is 0. The lowest BCUT2D eigenvalue weighted by atomic mass is 10.1. The quantitative estimate of drug-likeness (QED) is 0.661. The molecule has 1 saturated heterocycles. The first-order chi connectivity index (χ1) is 7.77. The van der Waals surface area contributed by atoms with Crippen LogP contribution in [0.5, 0.6) is 0 Å².